The van der Waals surface area contributed by atoms with E-state index in [1.807, 2.05) is 44.2 Å². The minimum atomic E-state index is -0.250. The molecule has 7 nitrogen and oxygen atoms in total. The number of anilines is 1. The zero-order valence-electron chi connectivity index (χ0n) is 18.3. The monoisotopic (exact) mass is 432 g/mol. The lowest BCUT2D eigenvalue weighted by atomic mass is 10.2. The molecule has 0 radical (unpaired) electrons. The number of amides is 2. The Morgan fingerprint density at radius 1 is 1.10 bits per heavy atom. The quantitative estimate of drug-likeness (QED) is 0.558. The van der Waals surface area contributed by atoms with Gasteiger partial charge >= 0.3 is 0 Å². The van der Waals surface area contributed by atoms with E-state index in [0.717, 1.165) is 29.2 Å². The third kappa shape index (κ3) is 7.85. The molecule has 2 amide bonds. The largest absolute Gasteiger partial charge is 0.367 e. The number of carbonyl (C=O) groups excluding carboxylic acids is 2. The standard InChI is InChI=1S/C22H32N4O3S/c1-5-25(6-2)12-13-26(14-20(27)24-22-23-17(3)18(4)30-22)21(28)16-29-15-19-10-8-7-9-11-19/h7-11H,5-6,12-16H2,1-4H3,(H,23,24,27). The number of carbonyl (C=O) groups is 2. The van der Waals surface area contributed by atoms with Crippen LogP contribution >= 0.6 is 11.3 Å². The molecular formula is C22H32N4O3S. The average Bonchev–Trinajstić information content (AvgIpc) is 3.05. The highest BCUT2D eigenvalue weighted by atomic mass is 32.1. The molecular weight excluding hydrogens is 400 g/mol. The summed E-state index contributed by atoms with van der Waals surface area (Å²) in [4.78, 5) is 34.5. The van der Waals surface area contributed by atoms with E-state index < -0.39 is 0 Å². The van der Waals surface area contributed by atoms with Crippen LogP contribution in [0.2, 0.25) is 0 Å². The molecule has 2 aromatic rings. The lowest BCUT2D eigenvalue weighted by molar-refractivity contribution is -0.139. The van der Waals surface area contributed by atoms with Gasteiger partial charge in [-0.1, -0.05) is 44.2 Å². The van der Waals surface area contributed by atoms with Gasteiger partial charge in [-0.3, -0.25) is 9.59 Å². The van der Waals surface area contributed by atoms with Crippen molar-refractivity contribution in [2.24, 2.45) is 0 Å². The molecule has 0 atom stereocenters. The minimum Gasteiger partial charge on any atom is -0.367 e. The van der Waals surface area contributed by atoms with Crippen molar-refractivity contribution in [3.05, 3.63) is 46.5 Å². The Hall–Kier alpha value is -2.29. The van der Waals surface area contributed by atoms with Gasteiger partial charge in [-0.05, 0) is 32.5 Å². The van der Waals surface area contributed by atoms with Gasteiger partial charge in [-0.2, -0.15) is 0 Å². The van der Waals surface area contributed by atoms with E-state index in [9.17, 15) is 9.59 Å². The Bertz CT molecular complexity index is 786. The molecule has 0 aliphatic heterocycles. The van der Waals surface area contributed by atoms with Crippen molar-refractivity contribution in [2.75, 3.05) is 44.6 Å². The summed E-state index contributed by atoms with van der Waals surface area (Å²) in [6.07, 6.45) is 0. The molecule has 0 saturated carbocycles. The molecule has 2 rings (SSSR count). The molecule has 0 aliphatic carbocycles. The predicted octanol–water partition coefficient (Wildman–Crippen LogP) is 3.09. The van der Waals surface area contributed by atoms with Crippen LogP contribution in [0.15, 0.2) is 30.3 Å². The number of nitrogens with one attached hydrogen (secondary N) is 1. The van der Waals surface area contributed by atoms with Gasteiger partial charge in [-0.25, -0.2) is 4.98 Å². The van der Waals surface area contributed by atoms with Gasteiger partial charge < -0.3 is 19.9 Å². The maximum absolute atomic E-state index is 12.8. The number of likely N-dealkylation sites (N-methyl/N-ethyl adjacent to an activating group) is 1. The highest BCUT2D eigenvalue weighted by Crippen LogP contribution is 2.20. The van der Waals surface area contributed by atoms with Gasteiger partial charge in [0, 0.05) is 18.0 Å². The van der Waals surface area contributed by atoms with Gasteiger partial charge in [0.25, 0.3) is 0 Å². The molecule has 164 valence electrons. The lowest BCUT2D eigenvalue weighted by Crippen LogP contribution is -2.44. The summed E-state index contributed by atoms with van der Waals surface area (Å²) in [6.45, 7) is 11.3. The predicted molar refractivity (Wildman–Crippen MR) is 121 cm³/mol. The first-order valence-electron chi connectivity index (χ1n) is 10.3. The van der Waals surface area contributed by atoms with E-state index in [4.69, 9.17) is 4.74 Å². The molecule has 0 aliphatic rings. The first kappa shape index (κ1) is 24.0. The maximum Gasteiger partial charge on any atom is 0.249 e. The third-order valence-corrected chi connectivity index (χ3v) is 5.87. The SMILES string of the molecule is CCN(CC)CCN(CC(=O)Nc1nc(C)c(C)s1)C(=O)COCc1ccccc1. The van der Waals surface area contributed by atoms with E-state index in [0.29, 0.717) is 24.8 Å². The summed E-state index contributed by atoms with van der Waals surface area (Å²) in [5.74, 6) is -0.445. The number of hydrogen-bond acceptors (Lipinski definition) is 6. The molecule has 1 aromatic heterocycles. The van der Waals surface area contributed by atoms with Crippen LogP contribution in [0, 0.1) is 13.8 Å². The molecule has 0 fully saturated rings. The summed E-state index contributed by atoms with van der Waals surface area (Å²) in [7, 11) is 0. The summed E-state index contributed by atoms with van der Waals surface area (Å²) >= 11 is 1.44. The van der Waals surface area contributed by atoms with Crippen LogP contribution in [0.3, 0.4) is 0 Å². The Labute approximate surface area is 183 Å². The van der Waals surface area contributed by atoms with Crippen molar-refractivity contribution in [2.45, 2.75) is 34.3 Å². The van der Waals surface area contributed by atoms with Crippen LogP contribution in [0.25, 0.3) is 0 Å². The fourth-order valence-electron chi connectivity index (χ4n) is 2.87. The lowest BCUT2D eigenvalue weighted by Gasteiger charge is -2.26. The van der Waals surface area contributed by atoms with Crippen LogP contribution < -0.4 is 5.32 Å². The van der Waals surface area contributed by atoms with Crippen molar-refractivity contribution in [3.8, 4) is 0 Å². The van der Waals surface area contributed by atoms with Crippen LogP contribution in [-0.4, -0.2) is 65.9 Å². The van der Waals surface area contributed by atoms with Crippen molar-refractivity contribution in [1.82, 2.24) is 14.8 Å². The molecule has 8 heteroatoms. The van der Waals surface area contributed by atoms with E-state index in [1.165, 1.54) is 11.3 Å². The summed E-state index contributed by atoms with van der Waals surface area (Å²) in [6, 6.07) is 9.71. The number of benzene rings is 1. The van der Waals surface area contributed by atoms with Gasteiger partial charge in [0.2, 0.25) is 11.8 Å². The Morgan fingerprint density at radius 3 is 2.40 bits per heavy atom. The van der Waals surface area contributed by atoms with Crippen LogP contribution in [-0.2, 0) is 20.9 Å². The molecule has 0 bridgehead atoms. The van der Waals surface area contributed by atoms with Crippen molar-refractivity contribution >= 4 is 28.3 Å². The van der Waals surface area contributed by atoms with Gasteiger partial charge in [0.15, 0.2) is 5.13 Å². The van der Waals surface area contributed by atoms with Crippen LogP contribution in [0.5, 0.6) is 0 Å². The first-order valence-corrected chi connectivity index (χ1v) is 11.1. The highest BCUT2D eigenvalue weighted by molar-refractivity contribution is 7.15. The fourth-order valence-corrected chi connectivity index (χ4v) is 3.70. The second-order valence-corrected chi connectivity index (χ2v) is 8.23. The molecule has 1 heterocycles. The number of thiazole rings is 1. The number of nitrogens with zero attached hydrogens (tertiary/aromatic N) is 3. The van der Waals surface area contributed by atoms with E-state index in [2.05, 4.69) is 29.0 Å². The Morgan fingerprint density at radius 2 is 1.80 bits per heavy atom. The first-order chi connectivity index (χ1) is 14.4. The molecule has 1 aromatic carbocycles. The number of rotatable bonds is 12. The fraction of sp³-hybridized carbons (Fsp3) is 0.500. The van der Waals surface area contributed by atoms with E-state index in [1.54, 1.807) is 4.90 Å². The van der Waals surface area contributed by atoms with E-state index >= 15 is 0 Å². The number of aromatic nitrogens is 1. The number of hydrogen-bond donors (Lipinski definition) is 1. The highest BCUT2D eigenvalue weighted by Gasteiger charge is 2.19. The summed E-state index contributed by atoms with van der Waals surface area (Å²) in [5, 5.41) is 3.37. The van der Waals surface area contributed by atoms with Crippen molar-refractivity contribution < 1.29 is 14.3 Å². The smallest absolute Gasteiger partial charge is 0.249 e. The van der Waals surface area contributed by atoms with Gasteiger partial charge in [-0.15, -0.1) is 11.3 Å². The molecule has 1 N–H and O–H groups in total. The molecule has 0 saturated heterocycles. The zero-order valence-corrected chi connectivity index (χ0v) is 19.1. The van der Waals surface area contributed by atoms with E-state index in [-0.39, 0.29) is 25.0 Å². The second kappa shape index (κ2) is 12.4. The number of aryl methyl sites for hydroxylation is 2. The molecule has 0 unspecified atom stereocenters. The summed E-state index contributed by atoms with van der Waals surface area (Å²) in [5.41, 5.74) is 1.91. The topological polar surface area (TPSA) is 74.8 Å². The van der Waals surface area contributed by atoms with Crippen molar-refractivity contribution in [3.63, 3.8) is 0 Å². The average molecular weight is 433 g/mol. The number of ether oxygens (including phenoxy) is 1. The Kier molecular flexibility index (Phi) is 9.93. The third-order valence-electron chi connectivity index (χ3n) is 4.88. The minimum absolute atomic E-state index is 0.0214. The zero-order chi connectivity index (χ0) is 21.9. The van der Waals surface area contributed by atoms with Gasteiger partial charge in [0.05, 0.1) is 12.3 Å². The van der Waals surface area contributed by atoms with Crippen LogP contribution in [0.1, 0.15) is 30.0 Å². The van der Waals surface area contributed by atoms with Crippen LogP contribution in [0.4, 0.5) is 5.13 Å². The van der Waals surface area contributed by atoms with Gasteiger partial charge in [0.1, 0.15) is 13.2 Å². The second-order valence-electron chi connectivity index (χ2n) is 7.03. The maximum atomic E-state index is 12.8. The molecule has 30 heavy (non-hydrogen) atoms. The summed E-state index contributed by atoms with van der Waals surface area (Å²) < 4.78 is 5.59. The normalized spacial score (nSPS) is 11.0. The van der Waals surface area contributed by atoms with Crippen molar-refractivity contribution in [1.29, 1.82) is 0 Å². The Balaban J connectivity index is 1.93. The molecule has 0 spiro atoms.